The second-order valence-electron chi connectivity index (χ2n) is 4.21. The van der Waals surface area contributed by atoms with Gasteiger partial charge >= 0.3 is 18.1 Å². The first-order chi connectivity index (χ1) is 10.5. The number of ether oxygens (including phenoxy) is 3. The van der Waals surface area contributed by atoms with E-state index < -0.39 is 24.1 Å². The molecule has 1 atom stereocenters. The molecule has 0 aromatic heterocycles. The second-order valence-corrected chi connectivity index (χ2v) is 4.21. The summed E-state index contributed by atoms with van der Waals surface area (Å²) in [5, 5.41) is 2.81. The molecule has 0 spiro atoms. The lowest BCUT2D eigenvalue weighted by atomic mass is 10.1. The van der Waals surface area contributed by atoms with Gasteiger partial charge in [0.05, 0.1) is 14.2 Å². The molecule has 0 amide bonds. The number of rotatable bonds is 5. The quantitative estimate of drug-likeness (QED) is 0.503. The highest BCUT2D eigenvalue weighted by Crippen LogP contribution is 2.16. The van der Waals surface area contributed by atoms with Gasteiger partial charge in [0.25, 0.3) is 0 Å². The van der Waals surface area contributed by atoms with E-state index in [1.54, 1.807) is 37.3 Å². The third-order valence-electron chi connectivity index (χ3n) is 2.63. The molecule has 1 N–H and O–H groups in total. The Balaban J connectivity index is 2.97. The van der Waals surface area contributed by atoms with Crippen molar-refractivity contribution < 1.29 is 28.6 Å². The minimum Gasteiger partial charge on any atom is -0.466 e. The largest absolute Gasteiger partial charge is 0.515 e. The Kier molecular flexibility index (Phi) is 6.62. The van der Waals surface area contributed by atoms with Crippen molar-refractivity contribution in [1.29, 1.82) is 0 Å². The number of methoxy groups -OCH3 is 2. The van der Waals surface area contributed by atoms with E-state index in [0.717, 1.165) is 7.11 Å². The molecule has 1 rings (SSSR count). The molecule has 0 aliphatic rings. The number of carbonyl (C=O) groups excluding carboxylic acids is 3. The minimum atomic E-state index is -1.11. The molecule has 0 saturated heterocycles. The summed E-state index contributed by atoms with van der Waals surface area (Å²) in [6, 6.07) is 7.64. The van der Waals surface area contributed by atoms with Crippen LogP contribution in [0.15, 0.2) is 42.1 Å². The average Bonchev–Trinajstić information content (AvgIpc) is 2.52. The van der Waals surface area contributed by atoms with Crippen LogP contribution in [-0.4, -0.2) is 32.3 Å². The van der Waals surface area contributed by atoms with Crippen molar-refractivity contribution >= 4 is 18.1 Å². The van der Waals surface area contributed by atoms with E-state index in [2.05, 4.69) is 19.5 Å². The summed E-state index contributed by atoms with van der Waals surface area (Å²) in [7, 11) is 2.34. The minimum absolute atomic E-state index is 0.377. The highest BCUT2D eigenvalue weighted by Gasteiger charge is 2.25. The van der Waals surface area contributed by atoms with Crippen LogP contribution in [-0.2, 0) is 23.8 Å². The van der Waals surface area contributed by atoms with Gasteiger partial charge in [0.1, 0.15) is 0 Å². The average molecular weight is 307 g/mol. The van der Waals surface area contributed by atoms with Crippen LogP contribution in [0.1, 0.15) is 18.5 Å². The van der Waals surface area contributed by atoms with E-state index in [1.807, 2.05) is 0 Å². The molecular formula is C15H17NO6. The number of benzene rings is 1. The summed E-state index contributed by atoms with van der Waals surface area (Å²) in [5.74, 6) is -1.42. The van der Waals surface area contributed by atoms with E-state index in [9.17, 15) is 14.4 Å². The van der Waals surface area contributed by atoms with Crippen LogP contribution in [0.5, 0.6) is 0 Å². The Morgan fingerprint density at radius 1 is 1.09 bits per heavy atom. The van der Waals surface area contributed by atoms with Gasteiger partial charge in [-0.05, 0) is 12.5 Å². The second kappa shape index (κ2) is 8.46. The number of nitrogens with one attached hydrogen (secondary N) is 1. The third-order valence-corrected chi connectivity index (χ3v) is 2.63. The van der Waals surface area contributed by atoms with Crippen molar-refractivity contribution in [3.05, 3.63) is 47.7 Å². The Labute approximate surface area is 127 Å². The molecule has 1 aromatic rings. The summed E-state index contributed by atoms with van der Waals surface area (Å²) < 4.78 is 13.3. The monoisotopic (exact) mass is 307 g/mol. The molecular weight excluding hydrogens is 290 g/mol. The lowest BCUT2D eigenvalue weighted by Crippen LogP contribution is -2.31. The van der Waals surface area contributed by atoms with Crippen molar-refractivity contribution in [1.82, 2.24) is 5.32 Å². The standard InChI is InChI=1S/C15H17NO6/c1-10(9-12(17)20-2)16-13(11-7-5-4-6-8-11)14(18)22-15(19)21-3/h4-9,13,16H,1-3H3/b10-9+/t13-/m1/s1. The molecule has 0 saturated carbocycles. The van der Waals surface area contributed by atoms with Crippen LogP contribution in [0.3, 0.4) is 0 Å². The summed E-state index contributed by atoms with van der Waals surface area (Å²) >= 11 is 0. The van der Waals surface area contributed by atoms with Gasteiger partial charge in [0, 0.05) is 11.8 Å². The van der Waals surface area contributed by atoms with Gasteiger partial charge in [-0.2, -0.15) is 0 Å². The van der Waals surface area contributed by atoms with Crippen LogP contribution in [0.25, 0.3) is 0 Å². The van der Waals surface area contributed by atoms with Gasteiger partial charge in [-0.1, -0.05) is 30.3 Å². The highest BCUT2D eigenvalue weighted by atomic mass is 16.7. The van der Waals surface area contributed by atoms with Crippen molar-refractivity contribution in [2.45, 2.75) is 13.0 Å². The van der Waals surface area contributed by atoms with Gasteiger partial charge in [-0.15, -0.1) is 0 Å². The van der Waals surface area contributed by atoms with Crippen LogP contribution in [0.2, 0.25) is 0 Å². The molecule has 0 bridgehead atoms. The molecule has 22 heavy (non-hydrogen) atoms. The Bertz CT molecular complexity index is 567. The maximum absolute atomic E-state index is 12.1. The number of carbonyl (C=O) groups is 3. The van der Waals surface area contributed by atoms with Crippen LogP contribution >= 0.6 is 0 Å². The molecule has 118 valence electrons. The number of esters is 2. The molecule has 1 aromatic carbocycles. The fraction of sp³-hybridized carbons (Fsp3) is 0.267. The van der Waals surface area contributed by atoms with E-state index in [1.165, 1.54) is 13.2 Å². The smallest absolute Gasteiger partial charge is 0.466 e. The summed E-state index contributed by atoms with van der Waals surface area (Å²) in [6.07, 6.45) is 0.0730. The molecule has 0 heterocycles. The zero-order chi connectivity index (χ0) is 16.5. The Morgan fingerprint density at radius 2 is 1.73 bits per heavy atom. The fourth-order valence-corrected chi connectivity index (χ4v) is 1.61. The normalized spacial score (nSPS) is 12.0. The number of hydrogen-bond acceptors (Lipinski definition) is 7. The highest BCUT2D eigenvalue weighted by molar-refractivity contribution is 5.87. The zero-order valence-corrected chi connectivity index (χ0v) is 12.5. The van der Waals surface area contributed by atoms with E-state index >= 15 is 0 Å². The number of hydrogen-bond donors (Lipinski definition) is 1. The van der Waals surface area contributed by atoms with Crippen LogP contribution < -0.4 is 5.32 Å². The first-order valence-electron chi connectivity index (χ1n) is 6.35. The first kappa shape index (κ1) is 17.2. The summed E-state index contributed by atoms with van der Waals surface area (Å²) in [5.41, 5.74) is 0.941. The molecule has 7 heteroatoms. The van der Waals surface area contributed by atoms with Gasteiger partial charge < -0.3 is 19.5 Å². The lowest BCUT2D eigenvalue weighted by Gasteiger charge is -2.18. The third kappa shape index (κ3) is 5.28. The lowest BCUT2D eigenvalue weighted by molar-refractivity contribution is -0.142. The van der Waals surface area contributed by atoms with Gasteiger partial charge in [-0.3, -0.25) is 0 Å². The van der Waals surface area contributed by atoms with Crippen molar-refractivity contribution in [3.8, 4) is 0 Å². The Morgan fingerprint density at radius 3 is 2.27 bits per heavy atom. The molecule has 0 unspecified atom stereocenters. The van der Waals surface area contributed by atoms with Gasteiger partial charge in [0.15, 0.2) is 6.04 Å². The van der Waals surface area contributed by atoms with Crippen LogP contribution in [0.4, 0.5) is 4.79 Å². The molecule has 0 fully saturated rings. The van der Waals surface area contributed by atoms with E-state index in [-0.39, 0.29) is 0 Å². The first-order valence-corrected chi connectivity index (χ1v) is 6.35. The predicted octanol–water partition coefficient (Wildman–Crippen LogP) is 1.70. The Hall–Kier alpha value is -2.83. The molecule has 0 radical (unpaired) electrons. The number of allylic oxidation sites excluding steroid dienone is 1. The van der Waals surface area contributed by atoms with E-state index in [4.69, 9.17) is 0 Å². The molecule has 0 aliphatic carbocycles. The van der Waals surface area contributed by atoms with E-state index in [0.29, 0.717) is 11.3 Å². The SMILES string of the molecule is COC(=O)/C=C(\C)N[C@@H](C(=O)OC(=O)OC)c1ccccc1. The van der Waals surface area contributed by atoms with Gasteiger partial charge in [-0.25, -0.2) is 14.4 Å². The van der Waals surface area contributed by atoms with Gasteiger partial charge in [0.2, 0.25) is 0 Å². The van der Waals surface area contributed by atoms with Crippen molar-refractivity contribution in [2.24, 2.45) is 0 Å². The van der Waals surface area contributed by atoms with Crippen molar-refractivity contribution in [3.63, 3.8) is 0 Å². The summed E-state index contributed by atoms with van der Waals surface area (Å²) in [4.78, 5) is 34.4. The molecule has 7 nitrogen and oxygen atoms in total. The molecule has 0 aliphatic heterocycles. The maximum Gasteiger partial charge on any atom is 0.515 e. The zero-order valence-electron chi connectivity index (χ0n) is 12.5. The summed E-state index contributed by atoms with van der Waals surface area (Å²) in [6.45, 7) is 1.58. The predicted molar refractivity (Wildman–Crippen MR) is 76.6 cm³/mol. The maximum atomic E-state index is 12.1. The fourth-order valence-electron chi connectivity index (χ4n) is 1.61. The topological polar surface area (TPSA) is 90.9 Å². The van der Waals surface area contributed by atoms with Crippen LogP contribution in [0, 0.1) is 0 Å². The van der Waals surface area contributed by atoms with Crippen molar-refractivity contribution in [2.75, 3.05) is 14.2 Å².